The SMILES string of the molecule is COCC(NN(C)C)c1ccccc1. The minimum atomic E-state index is 0.219. The molecule has 0 spiro atoms. The highest BCUT2D eigenvalue weighted by Crippen LogP contribution is 2.12. The van der Waals surface area contributed by atoms with E-state index in [4.69, 9.17) is 4.74 Å². The number of hydrogen-bond acceptors (Lipinski definition) is 3. The molecule has 3 nitrogen and oxygen atoms in total. The van der Waals surface area contributed by atoms with Gasteiger partial charge in [0.2, 0.25) is 0 Å². The first kappa shape index (κ1) is 11.2. The first-order valence-corrected chi connectivity index (χ1v) is 4.71. The van der Waals surface area contributed by atoms with E-state index in [1.807, 2.05) is 37.3 Å². The maximum Gasteiger partial charge on any atom is 0.0698 e. The van der Waals surface area contributed by atoms with E-state index in [9.17, 15) is 0 Å². The smallest absolute Gasteiger partial charge is 0.0698 e. The van der Waals surface area contributed by atoms with E-state index >= 15 is 0 Å². The fourth-order valence-electron chi connectivity index (χ4n) is 1.37. The van der Waals surface area contributed by atoms with Gasteiger partial charge in [-0.2, -0.15) is 0 Å². The molecule has 1 N–H and O–H groups in total. The van der Waals surface area contributed by atoms with E-state index in [-0.39, 0.29) is 6.04 Å². The van der Waals surface area contributed by atoms with Crippen LogP contribution in [0.1, 0.15) is 11.6 Å². The lowest BCUT2D eigenvalue weighted by molar-refractivity contribution is 0.127. The van der Waals surface area contributed by atoms with Crippen LogP contribution in [0.2, 0.25) is 0 Å². The van der Waals surface area contributed by atoms with Crippen molar-refractivity contribution in [2.75, 3.05) is 27.8 Å². The number of nitrogens with one attached hydrogen (secondary N) is 1. The molecule has 1 rings (SSSR count). The summed E-state index contributed by atoms with van der Waals surface area (Å²) in [7, 11) is 5.67. The molecule has 0 fully saturated rings. The molecule has 78 valence electrons. The summed E-state index contributed by atoms with van der Waals surface area (Å²) in [4.78, 5) is 0. The number of methoxy groups -OCH3 is 1. The Morgan fingerprint density at radius 2 is 1.93 bits per heavy atom. The maximum absolute atomic E-state index is 5.17. The van der Waals surface area contributed by atoms with Gasteiger partial charge in [-0.15, -0.1) is 0 Å². The normalized spacial score (nSPS) is 13.1. The summed E-state index contributed by atoms with van der Waals surface area (Å²) in [5.74, 6) is 0. The molecular formula is C11H18N2O. The third-order valence-corrected chi connectivity index (χ3v) is 1.95. The molecule has 0 aromatic heterocycles. The Bertz CT molecular complexity index is 249. The van der Waals surface area contributed by atoms with Crippen molar-refractivity contribution in [3.8, 4) is 0 Å². The van der Waals surface area contributed by atoms with Crippen molar-refractivity contribution in [2.45, 2.75) is 6.04 Å². The van der Waals surface area contributed by atoms with Gasteiger partial charge in [-0.3, -0.25) is 0 Å². The zero-order valence-corrected chi connectivity index (χ0v) is 9.03. The third kappa shape index (κ3) is 3.46. The van der Waals surface area contributed by atoms with Crippen molar-refractivity contribution in [3.05, 3.63) is 35.9 Å². The Morgan fingerprint density at radius 3 is 2.43 bits per heavy atom. The molecule has 0 bridgehead atoms. The zero-order chi connectivity index (χ0) is 10.4. The van der Waals surface area contributed by atoms with Gasteiger partial charge in [0.05, 0.1) is 12.6 Å². The van der Waals surface area contributed by atoms with Gasteiger partial charge in [-0.05, 0) is 5.56 Å². The van der Waals surface area contributed by atoms with Crippen LogP contribution in [-0.4, -0.2) is 32.8 Å². The van der Waals surface area contributed by atoms with Crippen LogP contribution >= 0.6 is 0 Å². The van der Waals surface area contributed by atoms with Gasteiger partial charge in [0, 0.05) is 21.2 Å². The molecule has 1 aromatic rings. The minimum absolute atomic E-state index is 0.219. The first-order chi connectivity index (χ1) is 6.74. The van der Waals surface area contributed by atoms with Gasteiger partial charge >= 0.3 is 0 Å². The summed E-state index contributed by atoms with van der Waals surface area (Å²) in [5.41, 5.74) is 4.54. The van der Waals surface area contributed by atoms with E-state index in [0.717, 1.165) is 0 Å². The van der Waals surface area contributed by atoms with E-state index in [0.29, 0.717) is 6.61 Å². The second kappa shape index (κ2) is 5.75. The molecule has 0 aliphatic carbocycles. The predicted molar refractivity (Wildman–Crippen MR) is 57.9 cm³/mol. The summed E-state index contributed by atoms with van der Waals surface area (Å²) in [6, 6.07) is 10.5. The van der Waals surface area contributed by atoms with Crippen LogP contribution in [0.3, 0.4) is 0 Å². The highest BCUT2D eigenvalue weighted by molar-refractivity contribution is 5.18. The van der Waals surface area contributed by atoms with Gasteiger partial charge in [0.1, 0.15) is 0 Å². The topological polar surface area (TPSA) is 24.5 Å². The van der Waals surface area contributed by atoms with E-state index in [1.54, 1.807) is 7.11 Å². The van der Waals surface area contributed by atoms with Gasteiger partial charge in [-0.1, -0.05) is 30.3 Å². The van der Waals surface area contributed by atoms with E-state index in [2.05, 4.69) is 17.6 Å². The highest BCUT2D eigenvalue weighted by atomic mass is 16.5. The standard InChI is InChI=1S/C11H18N2O/c1-13(2)12-11(9-14-3)10-7-5-4-6-8-10/h4-8,11-12H,9H2,1-3H3. The Labute approximate surface area is 85.6 Å². The lowest BCUT2D eigenvalue weighted by atomic mass is 10.1. The van der Waals surface area contributed by atoms with Crippen molar-refractivity contribution in [2.24, 2.45) is 0 Å². The van der Waals surface area contributed by atoms with Crippen molar-refractivity contribution in [1.29, 1.82) is 0 Å². The highest BCUT2D eigenvalue weighted by Gasteiger charge is 2.10. The molecule has 1 unspecified atom stereocenters. The molecule has 1 aromatic carbocycles. The van der Waals surface area contributed by atoms with Crippen molar-refractivity contribution < 1.29 is 4.74 Å². The summed E-state index contributed by atoms with van der Waals surface area (Å²) in [6.45, 7) is 0.669. The first-order valence-electron chi connectivity index (χ1n) is 4.71. The third-order valence-electron chi connectivity index (χ3n) is 1.95. The van der Waals surface area contributed by atoms with Gasteiger partial charge in [0.25, 0.3) is 0 Å². The molecule has 14 heavy (non-hydrogen) atoms. The number of hydrogen-bond donors (Lipinski definition) is 1. The minimum Gasteiger partial charge on any atom is -0.383 e. The van der Waals surface area contributed by atoms with Gasteiger partial charge in [0.15, 0.2) is 0 Å². The molecule has 0 amide bonds. The summed E-state index contributed by atoms with van der Waals surface area (Å²) >= 11 is 0. The molecule has 1 atom stereocenters. The molecule has 3 heteroatoms. The van der Waals surface area contributed by atoms with Gasteiger partial charge in [-0.25, -0.2) is 10.4 Å². The number of hydrazine groups is 1. The summed E-state index contributed by atoms with van der Waals surface area (Å²) in [5, 5.41) is 1.94. The molecule has 0 radical (unpaired) electrons. The lowest BCUT2D eigenvalue weighted by Crippen LogP contribution is -2.36. The monoisotopic (exact) mass is 194 g/mol. The Kier molecular flexibility index (Phi) is 4.59. The lowest BCUT2D eigenvalue weighted by Gasteiger charge is -2.22. The summed E-state index contributed by atoms with van der Waals surface area (Å²) in [6.07, 6.45) is 0. The zero-order valence-electron chi connectivity index (χ0n) is 9.03. The maximum atomic E-state index is 5.17. The predicted octanol–water partition coefficient (Wildman–Crippen LogP) is 1.44. The Morgan fingerprint density at radius 1 is 1.29 bits per heavy atom. The van der Waals surface area contributed by atoms with Crippen LogP contribution in [0.25, 0.3) is 0 Å². The number of nitrogens with zero attached hydrogens (tertiary/aromatic N) is 1. The largest absolute Gasteiger partial charge is 0.383 e. The molecule has 0 heterocycles. The second-order valence-electron chi connectivity index (χ2n) is 3.44. The van der Waals surface area contributed by atoms with Gasteiger partial charge < -0.3 is 4.74 Å². The summed E-state index contributed by atoms with van der Waals surface area (Å²) < 4.78 is 5.17. The van der Waals surface area contributed by atoms with Crippen LogP contribution in [0.4, 0.5) is 0 Å². The van der Waals surface area contributed by atoms with Crippen molar-refractivity contribution >= 4 is 0 Å². The molecule has 0 saturated carbocycles. The van der Waals surface area contributed by atoms with Crippen molar-refractivity contribution in [1.82, 2.24) is 10.4 Å². The van der Waals surface area contributed by atoms with Crippen LogP contribution in [0.15, 0.2) is 30.3 Å². The number of ether oxygens (including phenoxy) is 1. The molecule has 0 aliphatic heterocycles. The van der Waals surface area contributed by atoms with Crippen LogP contribution in [-0.2, 0) is 4.74 Å². The fraction of sp³-hybridized carbons (Fsp3) is 0.455. The number of benzene rings is 1. The quantitative estimate of drug-likeness (QED) is 0.718. The molecular weight excluding hydrogens is 176 g/mol. The average molecular weight is 194 g/mol. The van der Waals surface area contributed by atoms with Crippen molar-refractivity contribution in [3.63, 3.8) is 0 Å². The molecule has 0 aliphatic rings. The number of rotatable bonds is 5. The van der Waals surface area contributed by atoms with E-state index in [1.165, 1.54) is 5.56 Å². The Hall–Kier alpha value is -0.900. The van der Waals surface area contributed by atoms with Crippen LogP contribution < -0.4 is 5.43 Å². The van der Waals surface area contributed by atoms with Crippen LogP contribution in [0.5, 0.6) is 0 Å². The molecule has 0 saturated heterocycles. The Balaban J connectivity index is 2.67. The second-order valence-corrected chi connectivity index (χ2v) is 3.44. The van der Waals surface area contributed by atoms with E-state index < -0.39 is 0 Å². The average Bonchev–Trinajstić information content (AvgIpc) is 2.18. The fourth-order valence-corrected chi connectivity index (χ4v) is 1.37. The van der Waals surface area contributed by atoms with Crippen LogP contribution in [0, 0.1) is 0 Å².